The fourth-order valence-electron chi connectivity index (χ4n) is 5.60. The highest BCUT2D eigenvalue weighted by Crippen LogP contribution is 2.39. The van der Waals surface area contributed by atoms with Crippen molar-refractivity contribution in [2.45, 2.75) is 33.0 Å². The van der Waals surface area contributed by atoms with Gasteiger partial charge in [-0.25, -0.2) is 0 Å². The van der Waals surface area contributed by atoms with E-state index in [2.05, 4.69) is 45.0 Å². The third-order valence-corrected chi connectivity index (χ3v) is 6.16. The number of aryl methyl sites for hydroxylation is 1. The van der Waals surface area contributed by atoms with Crippen LogP contribution in [0.5, 0.6) is 0 Å². The number of hydrogen-bond donors (Lipinski definition) is 3. The first-order chi connectivity index (χ1) is 9.43. The van der Waals surface area contributed by atoms with Crippen LogP contribution in [-0.2, 0) is 0 Å². The second-order valence-corrected chi connectivity index (χ2v) is 8.02. The predicted octanol–water partition coefficient (Wildman–Crippen LogP) is -0.822. The van der Waals surface area contributed by atoms with Crippen LogP contribution in [0.3, 0.4) is 0 Å². The standard InChI is InChI=1S/C17H24N2O/c1-12-6-4-5-7-13(12)14-18-8-16(2)9-19(14)11-17(3,10-18)15(16)20/h4-7,14-15,20H,8-11H2,1-3H3/p+2. The normalized spacial score (nSPS) is 49.6. The van der Waals surface area contributed by atoms with Crippen LogP contribution >= 0.6 is 0 Å². The Morgan fingerprint density at radius 3 is 2.00 bits per heavy atom. The van der Waals surface area contributed by atoms with Gasteiger partial charge in [-0.3, -0.25) is 9.80 Å². The van der Waals surface area contributed by atoms with Gasteiger partial charge in [0.05, 0.1) is 48.7 Å². The summed E-state index contributed by atoms with van der Waals surface area (Å²) >= 11 is 0. The van der Waals surface area contributed by atoms with Crippen LogP contribution < -0.4 is 9.80 Å². The van der Waals surface area contributed by atoms with E-state index in [4.69, 9.17) is 0 Å². The monoisotopic (exact) mass is 274 g/mol. The van der Waals surface area contributed by atoms with Gasteiger partial charge in [0.2, 0.25) is 6.17 Å². The molecule has 4 aliphatic heterocycles. The van der Waals surface area contributed by atoms with Gasteiger partial charge in [-0.1, -0.05) is 18.2 Å². The van der Waals surface area contributed by atoms with Gasteiger partial charge >= 0.3 is 0 Å². The fraction of sp³-hybridized carbons (Fsp3) is 0.647. The minimum absolute atomic E-state index is 0.106. The summed E-state index contributed by atoms with van der Waals surface area (Å²) in [6.07, 6.45) is 0.449. The summed E-state index contributed by atoms with van der Waals surface area (Å²) in [6.45, 7) is 11.3. The lowest BCUT2D eigenvalue weighted by molar-refractivity contribution is -1.19. The number of benzene rings is 1. The molecule has 4 fully saturated rings. The van der Waals surface area contributed by atoms with Crippen LogP contribution in [0.25, 0.3) is 0 Å². The molecule has 4 saturated heterocycles. The number of rotatable bonds is 1. The summed E-state index contributed by atoms with van der Waals surface area (Å²) in [5.41, 5.74) is 3.14. The average molecular weight is 274 g/mol. The van der Waals surface area contributed by atoms with Crippen molar-refractivity contribution in [3.05, 3.63) is 35.4 Å². The highest BCUT2D eigenvalue weighted by molar-refractivity contribution is 5.26. The van der Waals surface area contributed by atoms with E-state index >= 15 is 0 Å². The van der Waals surface area contributed by atoms with Crippen LogP contribution in [0.1, 0.15) is 31.1 Å². The highest BCUT2D eigenvalue weighted by atomic mass is 16.3. The highest BCUT2D eigenvalue weighted by Gasteiger charge is 2.68. The zero-order valence-corrected chi connectivity index (χ0v) is 12.7. The molecule has 0 saturated carbocycles. The molecule has 0 aliphatic carbocycles. The lowest BCUT2D eigenvalue weighted by Crippen LogP contribution is -3.41. The Morgan fingerprint density at radius 2 is 1.50 bits per heavy atom. The number of quaternary nitrogens is 2. The van der Waals surface area contributed by atoms with Gasteiger partial charge in [0, 0.05) is 0 Å². The molecular weight excluding hydrogens is 248 g/mol. The molecule has 1 aromatic rings. The van der Waals surface area contributed by atoms with Crippen molar-refractivity contribution >= 4 is 0 Å². The molecule has 3 N–H and O–H groups in total. The number of piperidine rings is 2. The van der Waals surface area contributed by atoms with E-state index in [9.17, 15) is 5.11 Å². The minimum atomic E-state index is -0.125. The molecule has 4 aliphatic rings. The van der Waals surface area contributed by atoms with Crippen molar-refractivity contribution in [1.82, 2.24) is 0 Å². The zero-order chi connectivity index (χ0) is 14.1. The molecule has 0 amide bonds. The van der Waals surface area contributed by atoms with Gasteiger partial charge in [-0.15, -0.1) is 0 Å². The molecule has 3 nitrogen and oxygen atoms in total. The molecular formula is C17H26N2O+2. The van der Waals surface area contributed by atoms with E-state index in [0.29, 0.717) is 6.17 Å². The summed E-state index contributed by atoms with van der Waals surface area (Å²) in [5, 5.41) is 10.7. The van der Waals surface area contributed by atoms with E-state index < -0.39 is 0 Å². The molecule has 0 radical (unpaired) electrons. The number of aliphatic hydroxyl groups is 1. The third kappa shape index (κ3) is 1.51. The third-order valence-electron chi connectivity index (χ3n) is 6.16. The summed E-state index contributed by atoms with van der Waals surface area (Å²) in [7, 11) is 0. The Labute approximate surface area is 121 Å². The number of aliphatic hydroxyl groups excluding tert-OH is 1. The van der Waals surface area contributed by atoms with Crippen molar-refractivity contribution in [1.29, 1.82) is 0 Å². The Bertz CT molecular complexity index is 518. The maximum absolute atomic E-state index is 10.7. The lowest BCUT2D eigenvalue weighted by Gasteiger charge is -2.62. The molecule has 0 atom stereocenters. The van der Waals surface area contributed by atoms with E-state index in [1.54, 1.807) is 9.80 Å². The van der Waals surface area contributed by atoms with Crippen LogP contribution in [0.4, 0.5) is 0 Å². The van der Waals surface area contributed by atoms with E-state index in [0.717, 1.165) is 26.2 Å². The first-order valence-corrected chi connectivity index (χ1v) is 7.86. The quantitative estimate of drug-likeness (QED) is 0.614. The first kappa shape index (κ1) is 12.8. The Kier molecular flexibility index (Phi) is 2.46. The van der Waals surface area contributed by atoms with Gasteiger partial charge in [0.1, 0.15) is 0 Å². The molecule has 5 rings (SSSR count). The number of nitrogens with one attached hydrogen (secondary N) is 2. The molecule has 3 heteroatoms. The van der Waals surface area contributed by atoms with Gasteiger partial charge in [-0.05, 0) is 32.4 Å². The largest absolute Gasteiger partial charge is 0.391 e. The van der Waals surface area contributed by atoms with Crippen LogP contribution in [-0.4, -0.2) is 37.4 Å². The van der Waals surface area contributed by atoms with Crippen molar-refractivity contribution in [2.75, 3.05) is 26.2 Å². The molecule has 0 aromatic heterocycles. The first-order valence-electron chi connectivity index (χ1n) is 7.86. The van der Waals surface area contributed by atoms with E-state index in [-0.39, 0.29) is 16.9 Å². The predicted molar refractivity (Wildman–Crippen MR) is 77.5 cm³/mol. The minimum Gasteiger partial charge on any atom is -0.391 e. The zero-order valence-electron chi connectivity index (χ0n) is 12.7. The maximum Gasteiger partial charge on any atom is 0.240 e. The van der Waals surface area contributed by atoms with Crippen molar-refractivity contribution in [2.24, 2.45) is 10.8 Å². The summed E-state index contributed by atoms with van der Waals surface area (Å²) < 4.78 is 0. The molecule has 1 aromatic carbocycles. The second kappa shape index (κ2) is 3.85. The van der Waals surface area contributed by atoms with Crippen LogP contribution in [0.2, 0.25) is 0 Å². The fourth-order valence-corrected chi connectivity index (χ4v) is 5.60. The molecule has 0 unspecified atom stereocenters. The molecule has 4 heterocycles. The van der Waals surface area contributed by atoms with Gasteiger partial charge in [-0.2, -0.15) is 0 Å². The summed E-state index contributed by atoms with van der Waals surface area (Å²) in [6, 6.07) is 8.85. The van der Waals surface area contributed by atoms with E-state index in [1.807, 2.05) is 0 Å². The van der Waals surface area contributed by atoms with Crippen LogP contribution in [0.15, 0.2) is 24.3 Å². The molecule has 20 heavy (non-hydrogen) atoms. The topological polar surface area (TPSA) is 29.1 Å². The molecule has 108 valence electrons. The Hall–Kier alpha value is -0.900. The Balaban J connectivity index is 1.76. The molecule has 0 spiro atoms. The maximum atomic E-state index is 10.7. The van der Waals surface area contributed by atoms with Gasteiger partial charge in [0.25, 0.3) is 0 Å². The number of hydrogen-bond acceptors (Lipinski definition) is 1. The van der Waals surface area contributed by atoms with Crippen molar-refractivity contribution in [3.8, 4) is 0 Å². The van der Waals surface area contributed by atoms with Gasteiger partial charge in [0.15, 0.2) is 0 Å². The van der Waals surface area contributed by atoms with Crippen molar-refractivity contribution in [3.63, 3.8) is 0 Å². The lowest BCUT2D eigenvalue weighted by atomic mass is 9.60. The Morgan fingerprint density at radius 1 is 1.00 bits per heavy atom. The smallest absolute Gasteiger partial charge is 0.240 e. The molecule has 4 bridgehead atoms. The summed E-state index contributed by atoms with van der Waals surface area (Å²) in [4.78, 5) is 3.37. The van der Waals surface area contributed by atoms with E-state index in [1.165, 1.54) is 11.1 Å². The van der Waals surface area contributed by atoms with Crippen molar-refractivity contribution < 1.29 is 14.9 Å². The second-order valence-electron chi connectivity index (χ2n) is 8.02. The SMILES string of the molecule is Cc1ccccc1C1[NH+]2CC3(C)C[NH+]1CC(C)(C2)C3O. The summed E-state index contributed by atoms with van der Waals surface area (Å²) in [5.74, 6) is 0. The van der Waals surface area contributed by atoms with Crippen LogP contribution in [0, 0.1) is 17.8 Å². The van der Waals surface area contributed by atoms with Gasteiger partial charge < -0.3 is 5.11 Å². The average Bonchev–Trinajstić information content (AvgIpc) is 2.36.